The third kappa shape index (κ3) is 5.82. The second kappa shape index (κ2) is 11.9. The Kier molecular flexibility index (Phi) is 10.2. The van der Waals surface area contributed by atoms with E-state index in [-0.39, 0.29) is 5.41 Å². The monoisotopic (exact) mass is 324 g/mol. The fraction of sp³-hybridized carbons (Fsp3) is 0.500. The first-order chi connectivity index (χ1) is 11.7. The second-order valence-electron chi connectivity index (χ2n) is 6.75. The first kappa shape index (κ1) is 20.5. The summed E-state index contributed by atoms with van der Waals surface area (Å²) in [5, 5.41) is 0. The minimum absolute atomic E-state index is 0.0901. The van der Waals surface area contributed by atoms with E-state index in [4.69, 9.17) is 0 Å². The van der Waals surface area contributed by atoms with E-state index in [1.165, 1.54) is 68.9 Å². The van der Waals surface area contributed by atoms with Crippen LogP contribution in [0.5, 0.6) is 0 Å². The Bertz CT molecular complexity index is 486. The largest absolute Gasteiger partial charge is 0.0991 e. The van der Waals surface area contributed by atoms with Crippen LogP contribution in [0.3, 0.4) is 0 Å². The quantitative estimate of drug-likeness (QED) is 0.436. The van der Waals surface area contributed by atoms with Crippen molar-refractivity contribution >= 4 is 0 Å². The van der Waals surface area contributed by atoms with Crippen LogP contribution >= 0.6 is 0 Å². The molecule has 0 aromatic rings. The summed E-state index contributed by atoms with van der Waals surface area (Å²) in [7, 11) is 0. The zero-order valence-corrected chi connectivity index (χ0v) is 15.9. The molecule has 0 N–H and O–H groups in total. The summed E-state index contributed by atoms with van der Waals surface area (Å²) in [6.07, 6.45) is 29.0. The van der Waals surface area contributed by atoms with Crippen LogP contribution in [0.15, 0.2) is 72.9 Å². The number of hydrogen-bond donors (Lipinski definition) is 0. The predicted octanol–water partition coefficient (Wildman–Crippen LogP) is 7.87. The lowest BCUT2D eigenvalue weighted by Crippen LogP contribution is -2.25. The molecule has 1 aliphatic carbocycles. The lowest BCUT2D eigenvalue weighted by molar-refractivity contribution is 0.333. The van der Waals surface area contributed by atoms with E-state index >= 15 is 0 Å². The average molecular weight is 325 g/mol. The Labute approximate surface area is 150 Å². The van der Waals surface area contributed by atoms with E-state index < -0.39 is 0 Å². The van der Waals surface area contributed by atoms with Gasteiger partial charge in [0.05, 0.1) is 0 Å². The highest BCUT2D eigenvalue weighted by Gasteiger charge is 2.34. The zero-order chi connectivity index (χ0) is 17.7. The van der Waals surface area contributed by atoms with E-state index in [9.17, 15) is 0 Å². The van der Waals surface area contributed by atoms with Gasteiger partial charge in [-0.1, -0.05) is 107 Å². The third-order valence-corrected chi connectivity index (χ3v) is 5.22. The van der Waals surface area contributed by atoms with Gasteiger partial charge >= 0.3 is 0 Å². The predicted molar refractivity (Wildman–Crippen MR) is 110 cm³/mol. The van der Waals surface area contributed by atoms with E-state index in [2.05, 4.69) is 69.5 Å². The Morgan fingerprint density at radius 1 is 0.792 bits per heavy atom. The van der Waals surface area contributed by atoms with Gasteiger partial charge < -0.3 is 0 Å². The lowest BCUT2D eigenvalue weighted by atomic mass is 9.66. The second-order valence-corrected chi connectivity index (χ2v) is 6.75. The fourth-order valence-corrected chi connectivity index (χ4v) is 3.93. The minimum atomic E-state index is 0.0901. The molecule has 0 atom stereocenters. The van der Waals surface area contributed by atoms with Crippen LogP contribution in [0.1, 0.15) is 71.6 Å². The molecule has 0 amide bonds. The number of hydrogen-bond acceptors (Lipinski definition) is 0. The van der Waals surface area contributed by atoms with Crippen molar-refractivity contribution in [3.05, 3.63) is 72.9 Å². The van der Waals surface area contributed by atoms with Crippen molar-refractivity contribution < 1.29 is 0 Å². The molecule has 0 heteroatoms. The van der Waals surface area contributed by atoms with Crippen LogP contribution in [0.2, 0.25) is 0 Å². The van der Waals surface area contributed by atoms with Crippen molar-refractivity contribution in [1.82, 2.24) is 0 Å². The number of rotatable bonds is 6. The molecule has 24 heavy (non-hydrogen) atoms. The first-order valence-corrected chi connectivity index (χ1v) is 9.67. The molecule has 0 bridgehead atoms. The molecule has 0 spiro atoms. The van der Waals surface area contributed by atoms with Gasteiger partial charge in [0.2, 0.25) is 0 Å². The smallest absolute Gasteiger partial charge is 0.0199 e. The number of allylic oxidation sites excluding steroid dienone is 10. The van der Waals surface area contributed by atoms with Crippen LogP contribution in [-0.4, -0.2) is 0 Å². The molecule has 1 rings (SSSR count). The van der Waals surface area contributed by atoms with Crippen LogP contribution in [0.25, 0.3) is 0 Å². The maximum Gasteiger partial charge on any atom is 0.0199 e. The molecule has 0 aromatic carbocycles. The summed E-state index contributed by atoms with van der Waals surface area (Å²) in [4.78, 5) is 0. The molecular formula is C24H36. The maximum atomic E-state index is 4.15. The molecular weight excluding hydrogens is 288 g/mol. The third-order valence-electron chi connectivity index (χ3n) is 5.22. The SMILES string of the molecule is C=C/C=C\C(=C/C)C1(/C(C=C)=C/C=C\C)CCCCCCCCC1. The van der Waals surface area contributed by atoms with Crippen LogP contribution in [-0.2, 0) is 0 Å². The molecule has 1 saturated carbocycles. The van der Waals surface area contributed by atoms with E-state index in [0.29, 0.717) is 0 Å². The van der Waals surface area contributed by atoms with Gasteiger partial charge in [0.25, 0.3) is 0 Å². The normalized spacial score (nSPS) is 21.1. The van der Waals surface area contributed by atoms with Crippen molar-refractivity contribution in [2.24, 2.45) is 5.41 Å². The molecule has 1 aliphatic rings. The summed E-state index contributed by atoms with van der Waals surface area (Å²) < 4.78 is 0. The molecule has 132 valence electrons. The summed E-state index contributed by atoms with van der Waals surface area (Å²) in [5.41, 5.74) is 2.87. The maximum absolute atomic E-state index is 4.15. The van der Waals surface area contributed by atoms with Crippen molar-refractivity contribution in [3.8, 4) is 0 Å². The van der Waals surface area contributed by atoms with Crippen LogP contribution in [0, 0.1) is 5.41 Å². The Morgan fingerprint density at radius 2 is 1.38 bits per heavy atom. The van der Waals surface area contributed by atoms with Gasteiger partial charge in [-0.2, -0.15) is 0 Å². The van der Waals surface area contributed by atoms with Gasteiger partial charge in [0.1, 0.15) is 0 Å². The lowest BCUT2D eigenvalue weighted by Gasteiger charge is -2.38. The van der Waals surface area contributed by atoms with Gasteiger partial charge in [-0.05, 0) is 37.8 Å². The highest BCUT2D eigenvalue weighted by molar-refractivity contribution is 5.43. The van der Waals surface area contributed by atoms with E-state index in [1.54, 1.807) is 0 Å². The van der Waals surface area contributed by atoms with Gasteiger partial charge in [0, 0.05) is 5.41 Å². The Hall–Kier alpha value is -1.56. The minimum Gasteiger partial charge on any atom is -0.0991 e. The van der Waals surface area contributed by atoms with E-state index in [1.807, 2.05) is 6.08 Å². The molecule has 0 aliphatic heterocycles. The van der Waals surface area contributed by atoms with Gasteiger partial charge in [-0.3, -0.25) is 0 Å². The van der Waals surface area contributed by atoms with E-state index in [0.717, 1.165) is 0 Å². The molecule has 0 heterocycles. The summed E-state index contributed by atoms with van der Waals surface area (Å²) in [6.45, 7) is 12.2. The van der Waals surface area contributed by atoms with Crippen molar-refractivity contribution in [3.63, 3.8) is 0 Å². The molecule has 0 saturated heterocycles. The highest BCUT2D eigenvalue weighted by Crippen LogP contribution is 2.47. The van der Waals surface area contributed by atoms with Crippen molar-refractivity contribution in [2.75, 3.05) is 0 Å². The van der Waals surface area contributed by atoms with Crippen molar-refractivity contribution in [1.29, 1.82) is 0 Å². The van der Waals surface area contributed by atoms with Gasteiger partial charge in [0.15, 0.2) is 0 Å². The zero-order valence-electron chi connectivity index (χ0n) is 15.9. The molecule has 0 nitrogen and oxygen atoms in total. The van der Waals surface area contributed by atoms with Crippen LogP contribution < -0.4 is 0 Å². The van der Waals surface area contributed by atoms with Crippen molar-refractivity contribution in [2.45, 2.75) is 71.6 Å². The highest BCUT2D eigenvalue weighted by atomic mass is 14.4. The molecule has 1 fully saturated rings. The van der Waals surface area contributed by atoms with Gasteiger partial charge in [-0.25, -0.2) is 0 Å². The van der Waals surface area contributed by atoms with Crippen LogP contribution in [0.4, 0.5) is 0 Å². The standard InChI is InChI=1S/C24H36/c1-5-9-18-22(7-3)24(23(8-4)19-10-6-2)20-16-14-12-11-13-15-17-21-24/h5-10,18-19H,1,4,11-17,20-21H2,2-3H3/b10-6-,18-9-,22-7+,23-19+. The Balaban J connectivity index is 3.35. The molecule has 0 unspecified atom stereocenters. The first-order valence-electron chi connectivity index (χ1n) is 9.67. The fourth-order valence-electron chi connectivity index (χ4n) is 3.93. The molecule has 0 radical (unpaired) electrons. The summed E-state index contributed by atoms with van der Waals surface area (Å²) in [5.74, 6) is 0. The van der Waals surface area contributed by atoms with Gasteiger partial charge in [-0.15, -0.1) is 0 Å². The Morgan fingerprint density at radius 3 is 1.83 bits per heavy atom. The summed E-state index contributed by atoms with van der Waals surface area (Å²) >= 11 is 0. The topological polar surface area (TPSA) is 0 Å². The summed E-state index contributed by atoms with van der Waals surface area (Å²) in [6, 6.07) is 0. The molecule has 0 aromatic heterocycles. The average Bonchev–Trinajstić information content (AvgIpc) is 2.61.